The van der Waals surface area contributed by atoms with Crippen LogP contribution in [-0.4, -0.2) is 25.8 Å². The molecule has 1 aromatic carbocycles. The lowest BCUT2D eigenvalue weighted by atomic mass is 9.72. The summed E-state index contributed by atoms with van der Waals surface area (Å²) in [6.45, 7) is 6.90. The molecule has 0 bridgehead atoms. The molecule has 0 saturated carbocycles. The third-order valence-electron chi connectivity index (χ3n) is 5.74. The van der Waals surface area contributed by atoms with E-state index in [0.29, 0.717) is 33.5 Å². The van der Waals surface area contributed by atoms with Gasteiger partial charge in [0.1, 0.15) is 5.00 Å². The number of ether oxygens (including phenoxy) is 3. The first-order valence-electron chi connectivity index (χ1n) is 9.71. The molecule has 1 amide bonds. The summed E-state index contributed by atoms with van der Waals surface area (Å²) in [6, 6.07) is 5.05. The highest BCUT2D eigenvalue weighted by Crippen LogP contribution is 2.44. The molecule has 29 heavy (non-hydrogen) atoms. The van der Waals surface area contributed by atoms with Gasteiger partial charge in [-0.1, -0.05) is 20.8 Å². The fourth-order valence-electron chi connectivity index (χ4n) is 3.94. The summed E-state index contributed by atoms with van der Waals surface area (Å²) in [5, 5.41) is 3.48. The summed E-state index contributed by atoms with van der Waals surface area (Å²) >= 11 is 1.49. The van der Waals surface area contributed by atoms with Crippen LogP contribution < -0.4 is 14.8 Å². The highest BCUT2D eigenvalue weighted by molar-refractivity contribution is 7.17. The normalized spacial score (nSPS) is 17.6. The third kappa shape index (κ3) is 3.71. The number of carbonyl (C=O) groups is 2. The summed E-state index contributed by atoms with van der Waals surface area (Å²) < 4.78 is 15.7. The molecule has 6 nitrogen and oxygen atoms in total. The van der Waals surface area contributed by atoms with Crippen LogP contribution in [0.3, 0.4) is 0 Å². The molecule has 1 N–H and O–H groups in total. The van der Waals surface area contributed by atoms with Gasteiger partial charge in [-0.15, -0.1) is 11.3 Å². The number of amides is 1. The number of anilines is 1. The molecule has 1 atom stereocenters. The van der Waals surface area contributed by atoms with Crippen LogP contribution >= 0.6 is 11.3 Å². The van der Waals surface area contributed by atoms with Gasteiger partial charge in [0.05, 0.1) is 12.7 Å². The zero-order valence-corrected chi connectivity index (χ0v) is 17.9. The maximum atomic E-state index is 12.9. The molecule has 0 saturated heterocycles. The van der Waals surface area contributed by atoms with Gasteiger partial charge >= 0.3 is 5.97 Å². The van der Waals surface area contributed by atoms with Gasteiger partial charge in [-0.3, -0.25) is 4.79 Å². The molecule has 2 aliphatic rings. The monoisotopic (exact) mass is 415 g/mol. The highest BCUT2D eigenvalue weighted by atomic mass is 32.1. The zero-order chi connectivity index (χ0) is 20.8. The maximum absolute atomic E-state index is 12.9. The second-order valence-corrected chi connectivity index (χ2v) is 9.63. The number of fused-ring (bicyclic) bond motifs is 2. The van der Waals surface area contributed by atoms with Crippen LogP contribution in [0, 0.1) is 11.3 Å². The van der Waals surface area contributed by atoms with E-state index in [0.717, 1.165) is 29.7 Å². The minimum absolute atomic E-state index is 0.152. The first-order chi connectivity index (χ1) is 13.8. The van der Waals surface area contributed by atoms with Gasteiger partial charge in [0, 0.05) is 10.4 Å². The van der Waals surface area contributed by atoms with E-state index >= 15 is 0 Å². The molecule has 0 radical (unpaired) electrons. The Morgan fingerprint density at radius 1 is 1.21 bits per heavy atom. The Balaban J connectivity index is 1.64. The number of carbonyl (C=O) groups excluding carboxylic acids is 2. The quantitative estimate of drug-likeness (QED) is 0.738. The van der Waals surface area contributed by atoms with E-state index in [9.17, 15) is 9.59 Å². The van der Waals surface area contributed by atoms with Crippen molar-refractivity contribution in [1.29, 1.82) is 0 Å². The van der Waals surface area contributed by atoms with Crippen molar-refractivity contribution in [1.82, 2.24) is 0 Å². The molecular formula is C22H25NO5S. The average molecular weight is 416 g/mol. The van der Waals surface area contributed by atoms with E-state index in [1.165, 1.54) is 18.4 Å². The molecule has 0 spiro atoms. The van der Waals surface area contributed by atoms with Crippen molar-refractivity contribution in [3.05, 3.63) is 39.8 Å². The number of hydrogen-bond donors (Lipinski definition) is 1. The molecule has 4 rings (SSSR count). The van der Waals surface area contributed by atoms with Crippen molar-refractivity contribution >= 4 is 28.2 Å². The summed E-state index contributed by atoms with van der Waals surface area (Å²) in [6.07, 6.45) is 2.75. The van der Waals surface area contributed by atoms with Crippen LogP contribution in [0.4, 0.5) is 5.00 Å². The topological polar surface area (TPSA) is 73.9 Å². The van der Waals surface area contributed by atoms with Crippen LogP contribution in [0.2, 0.25) is 0 Å². The van der Waals surface area contributed by atoms with Crippen LogP contribution in [-0.2, 0) is 17.6 Å². The van der Waals surface area contributed by atoms with Crippen LogP contribution in [0.1, 0.15) is 58.3 Å². The predicted molar refractivity (Wildman–Crippen MR) is 111 cm³/mol. The van der Waals surface area contributed by atoms with Crippen molar-refractivity contribution in [2.75, 3.05) is 19.2 Å². The van der Waals surface area contributed by atoms with E-state index in [1.54, 1.807) is 18.2 Å². The smallest absolute Gasteiger partial charge is 0.341 e. The summed E-state index contributed by atoms with van der Waals surface area (Å²) in [5.41, 5.74) is 2.16. The van der Waals surface area contributed by atoms with Gasteiger partial charge < -0.3 is 19.5 Å². The van der Waals surface area contributed by atoms with Gasteiger partial charge in [0.15, 0.2) is 11.5 Å². The zero-order valence-electron chi connectivity index (χ0n) is 17.1. The Morgan fingerprint density at radius 2 is 1.97 bits per heavy atom. The molecular weight excluding hydrogens is 390 g/mol. The fraction of sp³-hybridized carbons (Fsp3) is 0.455. The van der Waals surface area contributed by atoms with E-state index in [4.69, 9.17) is 14.2 Å². The molecule has 2 heterocycles. The summed E-state index contributed by atoms with van der Waals surface area (Å²) in [5.74, 6) is 1.01. The minimum atomic E-state index is -0.405. The second-order valence-electron chi connectivity index (χ2n) is 8.53. The first-order valence-corrected chi connectivity index (χ1v) is 10.5. The Hall–Kier alpha value is -2.54. The van der Waals surface area contributed by atoms with Crippen molar-refractivity contribution in [2.45, 2.75) is 40.0 Å². The Bertz CT molecular complexity index is 972. The van der Waals surface area contributed by atoms with Crippen molar-refractivity contribution < 1.29 is 23.8 Å². The lowest BCUT2D eigenvalue weighted by Crippen LogP contribution is -2.26. The van der Waals surface area contributed by atoms with Gasteiger partial charge in [0.25, 0.3) is 5.91 Å². The molecule has 1 unspecified atom stereocenters. The summed E-state index contributed by atoms with van der Waals surface area (Å²) in [7, 11) is 1.37. The van der Waals surface area contributed by atoms with Gasteiger partial charge in [-0.25, -0.2) is 4.79 Å². The van der Waals surface area contributed by atoms with Gasteiger partial charge in [-0.05, 0) is 54.4 Å². The van der Waals surface area contributed by atoms with Gasteiger partial charge in [0.2, 0.25) is 6.79 Å². The number of benzene rings is 1. The Morgan fingerprint density at radius 3 is 2.69 bits per heavy atom. The third-order valence-corrected chi connectivity index (χ3v) is 6.91. The number of rotatable bonds is 3. The Kier molecular flexibility index (Phi) is 5.02. The van der Waals surface area contributed by atoms with Crippen LogP contribution in [0.25, 0.3) is 0 Å². The van der Waals surface area contributed by atoms with Crippen molar-refractivity contribution in [3.63, 3.8) is 0 Å². The number of methoxy groups -OCH3 is 1. The standard InChI is InChI=1S/C22H25NO5S/c1-22(2,3)13-6-7-14-17(10-13)29-20(18(14)21(25)26-4)23-19(24)12-5-8-15-16(9-12)28-11-27-15/h5,8-9,13H,6-7,10-11H2,1-4H3,(H,23,24). The van der Waals surface area contributed by atoms with E-state index in [1.807, 2.05) is 0 Å². The van der Waals surface area contributed by atoms with E-state index in [-0.39, 0.29) is 18.1 Å². The molecule has 1 aliphatic heterocycles. The van der Waals surface area contributed by atoms with Gasteiger partial charge in [-0.2, -0.15) is 0 Å². The highest BCUT2D eigenvalue weighted by Gasteiger charge is 2.34. The SMILES string of the molecule is COC(=O)c1c(NC(=O)c2ccc3c(c2)OCO3)sc2c1CCC(C(C)(C)C)C2. The Labute approximate surface area is 174 Å². The average Bonchev–Trinajstić information content (AvgIpc) is 3.29. The van der Waals surface area contributed by atoms with E-state index in [2.05, 4.69) is 26.1 Å². The molecule has 1 aliphatic carbocycles. The molecule has 1 aromatic heterocycles. The van der Waals surface area contributed by atoms with Crippen LogP contribution in [0.15, 0.2) is 18.2 Å². The molecule has 0 fully saturated rings. The molecule has 7 heteroatoms. The predicted octanol–water partition coefficient (Wildman–Crippen LogP) is 4.67. The molecule has 2 aromatic rings. The number of thiophene rings is 1. The molecule has 154 valence electrons. The summed E-state index contributed by atoms with van der Waals surface area (Å²) in [4.78, 5) is 26.5. The van der Waals surface area contributed by atoms with E-state index < -0.39 is 5.97 Å². The maximum Gasteiger partial charge on any atom is 0.341 e. The van der Waals surface area contributed by atoms with Crippen molar-refractivity contribution in [3.8, 4) is 11.5 Å². The minimum Gasteiger partial charge on any atom is -0.465 e. The van der Waals surface area contributed by atoms with Crippen molar-refractivity contribution in [2.24, 2.45) is 11.3 Å². The fourth-order valence-corrected chi connectivity index (χ4v) is 5.25. The lowest BCUT2D eigenvalue weighted by molar-refractivity contribution is 0.0600. The van der Waals surface area contributed by atoms with Crippen LogP contribution in [0.5, 0.6) is 11.5 Å². The second kappa shape index (κ2) is 7.37. The lowest BCUT2D eigenvalue weighted by Gasteiger charge is -2.33. The first kappa shape index (κ1) is 19.8. The number of hydrogen-bond acceptors (Lipinski definition) is 6. The largest absolute Gasteiger partial charge is 0.465 e. The number of esters is 1. The number of nitrogens with one attached hydrogen (secondary N) is 1.